The van der Waals surface area contributed by atoms with Crippen LogP contribution in [0.5, 0.6) is 11.5 Å². The van der Waals surface area contributed by atoms with Gasteiger partial charge in [-0.3, -0.25) is 9.78 Å². The van der Waals surface area contributed by atoms with E-state index in [-0.39, 0.29) is 23.7 Å². The van der Waals surface area contributed by atoms with Crippen molar-refractivity contribution in [3.63, 3.8) is 0 Å². The number of carbonyl (C=O) groups excluding carboxylic acids is 1. The van der Waals surface area contributed by atoms with Crippen LogP contribution >= 0.6 is 0 Å². The van der Waals surface area contributed by atoms with Gasteiger partial charge in [0.1, 0.15) is 17.3 Å². The molecular formula is C27H22F2N4O3. The molecule has 0 saturated carbocycles. The zero-order valence-electron chi connectivity index (χ0n) is 19.4. The van der Waals surface area contributed by atoms with Crippen LogP contribution in [0.1, 0.15) is 52.4 Å². The minimum atomic E-state index is -2.99. The van der Waals surface area contributed by atoms with E-state index in [9.17, 15) is 13.6 Å². The molecule has 0 radical (unpaired) electrons. The van der Waals surface area contributed by atoms with Gasteiger partial charge in [-0.2, -0.15) is 8.78 Å². The fourth-order valence-corrected chi connectivity index (χ4v) is 5.82. The summed E-state index contributed by atoms with van der Waals surface area (Å²) >= 11 is 0. The molecule has 2 aromatic heterocycles. The fraction of sp³-hybridized carbons (Fsp3) is 0.296. The van der Waals surface area contributed by atoms with Crippen molar-refractivity contribution in [2.24, 2.45) is 0 Å². The van der Waals surface area contributed by atoms with Gasteiger partial charge < -0.3 is 18.9 Å². The van der Waals surface area contributed by atoms with Gasteiger partial charge in [-0.25, -0.2) is 4.98 Å². The number of imidazole rings is 1. The van der Waals surface area contributed by atoms with E-state index >= 15 is 0 Å². The second-order valence-corrected chi connectivity index (χ2v) is 9.44. The molecule has 0 spiro atoms. The summed E-state index contributed by atoms with van der Waals surface area (Å²) in [5, 5.41) is 0. The van der Waals surface area contributed by atoms with Gasteiger partial charge in [0.15, 0.2) is 0 Å². The van der Waals surface area contributed by atoms with Crippen LogP contribution in [0.25, 0.3) is 22.2 Å². The van der Waals surface area contributed by atoms with Crippen molar-refractivity contribution < 1.29 is 23.0 Å². The summed E-state index contributed by atoms with van der Waals surface area (Å²) in [6.45, 7) is -2.31. The SMILES string of the molecule is CN1C(=O)c2cccc(OC(F)F)c2[C@H]2C[C@@H]1c1nc3ccc(-c4cnc5c(c4)OCCC5)cc3n12. The van der Waals surface area contributed by atoms with E-state index < -0.39 is 6.61 Å². The molecule has 0 fully saturated rings. The van der Waals surface area contributed by atoms with E-state index in [1.807, 2.05) is 30.5 Å². The summed E-state index contributed by atoms with van der Waals surface area (Å²) in [7, 11) is 1.74. The molecule has 0 unspecified atom stereocenters. The summed E-state index contributed by atoms with van der Waals surface area (Å²) < 4.78 is 39.4. The van der Waals surface area contributed by atoms with Gasteiger partial charge >= 0.3 is 6.61 Å². The number of halogens is 2. The van der Waals surface area contributed by atoms with E-state index in [2.05, 4.69) is 9.55 Å². The largest absolute Gasteiger partial charge is 0.492 e. The van der Waals surface area contributed by atoms with Crippen molar-refractivity contribution in [3.8, 4) is 22.6 Å². The Morgan fingerprint density at radius 2 is 2.03 bits per heavy atom. The predicted molar refractivity (Wildman–Crippen MR) is 127 cm³/mol. The molecule has 0 aliphatic carbocycles. The molecule has 4 aromatic rings. The average Bonchev–Trinajstić information content (AvgIpc) is 3.41. The number of carbonyl (C=O) groups is 1. The van der Waals surface area contributed by atoms with E-state index in [0.29, 0.717) is 24.2 Å². The lowest BCUT2D eigenvalue weighted by molar-refractivity contribution is -0.0507. The molecule has 182 valence electrons. The topological polar surface area (TPSA) is 69.5 Å². The van der Waals surface area contributed by atoms with Crippen LogP contribution in [0, 0.1) is 0 Å². The average molecular weight is 488 g/mol. The van der Waals surface area contributed by atoms with Crippen LogP contribution in [-0.2, 0) is 6.42 Å². The Kier molecular flexibility index (Phi) is 4.58. The molecule has 3 aliphatic heterocycles. The molecule has 2 atom stereocenters. The molecule has 7 nitrogen and oxygen atoms in total. The first-order valence-electron chi connectivity index (χ1n) is 12.0. The van der Waals surface area contributed by atoms with Gasteiger partial charge in [-0.15, -0.1) is 0 Å². The Balaban J connectivity index is 1.41. The van der Waals surface area contributed by atoms with E-state index in [1.54, 1.807) is 24.1 Å². The van der Waals surface area contributed by atoms with Crippen molar-refractivity contribution in [1.82, 2.24) is 19.4 Å². The molecule has 36 heavy (non-hydrogen) atoms. The highest BCUT2D eigenvalue weighted by molar-refractivity contribution is 5.98. The number of hydrogen-bond donors (Lipinski definition) is 0. The van der Waals surface area contributed by atoms with Gasteiger partial charge in [0.2, 0.25) is 0 Å². The van der Waals surface area contributed by atoms with Gasteiger partial charge in [-0.1, -0.05) is 12.1 Å². The van der Waals surface area contributed by atoms with Crippen LogP contribution in [0.2, 0.25) is 0 Å². The second-order valence-electron chi connectivity index (χ2n) is 9.44. The lowest BCUT2D eigenvalue weighted by Crippen LogP contribution is -2.30. The number of rotatable bonds is 3. The molecule has 9 heteroatoms. The quantitative estimate of drug-likeness (QED) is 0.399. The smallest absolute Gasteiger partial charge is 0.387 e. The molecule has 0 saturated heterocycles. The molecule has 3 aliphatic rings. The third kappa shape index (κ3) is 3.04. The Morgan fingerprint density at radius 1 is 1.14 bits per heavy atom. The van der Waals surface area contributed by atoms with Crippen molar-refractivity contribution in [2.45, 2.75) is 38.0 Å². The number of nitrogens with zero attached hydrogens (tertiary/aromatic N) is 4. The standard InChI is InChI=1S/C27H22F2N4O3/c1-32-21-12-20(24-16(26(32)34)4-2-6-22(24)36-27(28)29)33-19-10-14(7-8-17(19)31-25(21)33)15-11-23-18(30-13-15)5-3-9-35-23/h2,4,6-8,10-11,13,20-21,27H,3,5,9,12H2,1H3/t20-,21-/m1/s1. The molecule has 1 amide bonds. The van der Waals surface area contributed by atoms with Crippen molar-refractivity contribution in [1.29, 1.82) is 0 Å². The minimum Gasteiger partial charge on any atom is -0.492 e. The first kappa shape index (κ1) is 21.3. The first-order valence-corrected chi connectivity index (χ1v) is 12.0. The number of alkyl halides is 2. The number of pyridine rings is 1. The monoisotopic (exact) mass is 488 g/mol. The number of ether oxygens (including phenoxy) is 2. The van der Waals surface area contributed by atoms with Crippen molar-refractivity contribution >= 4 is 16.9 Å². The molecule has 5 heterocycles. The Morgan fingerprint density at radius 3 is 2.89 bits per heavy atom. The summed E-state index contributed by atoms with van der Waals surface area (Å²) in [6.07, 6.45) is 4.26. The molecule has 2 aromatic carbocycles. The fourth-order valence-electron chi connectivity index (χ4n) is 5.82. The highest BCUT2D eigenvalue weighted by atomic mass is 19.3. The Hall–Kier alpha value is -4.01. The van der Waals surface area contributed by atoms with Crippen LogP contribution in [-0.4, -0.2) is 45.6 Å². The van der Waals surface area contributed by atoms with Crippen molar-refractivity contribution in [2.75, 3.05) is 13.7 Å². The lowest BCUT2D eigenvalue weighted by atomic mass is 9.97. The van der Waals surface area contributed by atoms with Gasteiger partial charge in [0.05, 0.1) is 35.4 Å². The summed E-state index contributed by atoms with van der Waals surface area (Å²) in [5.41, 5.74) is 5.36. The van der Waals surface area contributed by atoms with E-state index in [0.717, 1.165) is 52.3 Å². The second kappa shape index (κ2) is 7.74. The van der Waals surface area contributed by atoms with Crippen LogP contribution in [0.4, 0.5) is 8.78 Å². The molecule has 2 bridgehead atoms. The number of aryl methyl sites for hydroxylation is 1. The van der Waals surface area contributed by atoms with Gasteiger partial charge in [0.25, 0.3) is 5.91 Å². The van der Waals surface area contributed by atoms with Crippen LogP contribution < -0.4 is 9.47 Å². The normalized spacial score (nSPS) is 20.1. The van der Waals surface area contributed by atoms with E-state index in [1.165, 1.54) is 6.07 Å². The first-order chi connectivity index (χ1) is 17.5. The maximum Gasteiger partial charge on any atom is 0.387 e. The highest BCUT2D eigenvalue weighted by Gasteiger charge is 2.45. The number of hydrogen-bond acceptors (Lipinski definition) is 5. The Labute approximate surface area is 205 Å². The van der Waals surface area contributed by atoms with Gasteiger partial charge in [-0.05, 0) is 48.7 Å². The number of fused-ring (bicyclic) bond motifs is 10. The maximum atomic E-state index is 13.3. The molecule has 7 rings (SSSR count). The number of benzene rings is 2. The summed E-state index contributed by atoms with van der Waals surface area (Å²) in [6, 6.07) is 12.1. The van der Waals surface area contributed by atoms with Crippen LogP contribution in [0.15, 0.2) is 48.7 Å². The predicted octanol–water partition coefficient (Wildman–Crippen LogP) is 5.14. The maximum absolute atomic E-state index is 13.3. The summed E-state index contributed by atoms with van der Waals surface area (Å²) in [4.78, 5) is 24.4. The third-order valence-electron chi connectivity index (χ3n) is 7.49. The molecular weight excluding hydrogens is 466 g/mol. The summed E-state index contributed by atoms with van der Waals surface area (Å²) in [5.74, 6) is 1.35. The Bertz CT molecular complexity index is 1550. The third-order valence-corrected chi connectivity index (χ3v) is 7.49. The van der Waals surface area contributed by atoms with Gasteiger partial charge in [0, 0.05) is 36.4 Å². The lowest BCUT2D eigenvalue weighted by Gasteiger charge is -2.24. The number of amides is 1. The zero-order valence-corrected chi connectivity index (χ0v) is 19.4. The number of aromatic nitrogens is 3. The highest BCUT2D eigenvalue weighted by Crippen LogP contribution is 2.50. The van der Waals surface area contributed by atoms with E-state index in [4.69, 9.17) is 14.5 Å². The minimum absolute atomic E-state index is 0.0248. The zero-order chi connectivity index (χ0) is 24.6. The molecule has 0 N–H and O–H groups in total. The van der Waals surface area contributed by atoms with Crippen LogP contribution in [0.3, 0.4) is 0 Å². The van der Waals surface area contributed by atoms with Crippen molar-refractivity contribution in [3.05, 3.63) is 71.3 Å².